The molecule has 40 heavy (non-hydrogen) atoms. The Morgan fingerprint density at radius 3 is 1.32 bits per heavy atom. The molecule has 0 fully saturated rings. The maximum Gasteiger partial charge on any atom is 0.306 e. The number of carbonyl (C=O) groups excluding carboxylic acids is 1. The molecule has 7 heteroatoms. The lowest BCUT2D eigenvalue weighted by molar-refractivity contribution is -0.881. The molecule has 3 atom stereocenters. The molecule has 0 heterocycles. The first-order valence-electron chi connectivity index (χ1n) is 16.2. The van der Waals surface area contributed by atoms with Crippen molar-refractivity contribution in [3.8, 4) is 0 Å². The summed E-state index contributed by atoms with van der Waals surface area (Å²) in [6.45, 7) is 8.83. The molecule has 0 spiro atoms. The number of rotatable bonds is 28. The second-order valence-electron chi connectivity index (χ2n) is 12.2. The highest BCUT2D eigenvalue weighted by atomic mass is 16.4. The van der Waals surface area contributed by atoms with Crippen LogP contribution in [-0.2, 0) is 14.4 Å². The van der Waals surface area contributed by atoms with Gasteiger partial charge in [0.2, 0.25) is 0 Å². The lowest BCUT2D eigenvalue weighted by atomic mass is 10.0. The molecule has 0 aliphatic heterocycles. The van der Waals surface area contributed by atoms with E-state index in [-0.39, 0.29) is 0 Å². The number of allylic oxidation sites excluding steroid dienone is 1. The average molecular weight is 568 g/mol. The van der Waals surface area contributed by atoms with Gasteiger partial charge < -0.3 is 20.1 Å². The van der Waals surface area contributed by atoms with Crippen molar-refractivity contribution in [2.75, 3.05) is 19.6 Å². The highest BCUT2D eigenvalue weighted by Crippen LogP contribution is 2.21. The summed E-state index contributed by atoms with van der Waals surface area (Å²) in [4.78, 5) is 34.3. The van der Waals surface area contributed by atoms with Gasteiger partial charge in [0.25, 0.3) is 0 Å². The average Bonchev–Trinajstić information content (AvgIpc) is 2.92. The summed E-state index contributed by atoms with van der Waals surface area (Å²) in [6.07, 6.45) is 24.8. The second kappa shape index (κ2) is 23.8. The third-order valence-electron chi connectivity index (χ3n) is 8.41. The van der Waals surface area contributed by atoms with Gasteiger partial charge in [0, 0.05) is 31.1 Å². The molecule has 7 nitrogen and oxygen atoms in total. The second-order valence-corrected chi connectivity index (χ2v) is 12.2. The summed E-state index contributed by atoms with van der Waals surface area (Å²) in [5.41, 5.74) is 0. The summed E-state index contributed by atoms with van der Waals surface area (Å²) in [5.74, 6) is -4.47. The van der Waals surface area contributed by atoms with Gasteiger partial charge in [-0.3, -0.25) is 14.1 Å². The van der Waals surface area contributed by atoms with Crippen LogP contribution in [0.25, 0.3) is 0 Å². The Morgan fingerprint density at radius 1 is 0.625 bits per heavy atom. The third kappa shape index (κ3) is 20.1. The molecular weight excluding hydrogens is 506 g/mol. The third-order valence-corrected chi connectivity index (χ3v) is 8.41. The minimum absolute atomic E-state index is 0.397. The van der Waals surface area contributed by atoms with Gasteiger partial charge in [-0.15, -0.1) is 0 Å². The zero-order valence-corrected chi connectivity index (χ0v) is 26.2. The van der Waals surface area contributed by atoms with Crippen LogP contribution >= 0.6 is 0 Å². The van der Waals surface area contributed by atoms with Gasteiger partial charge in [-0.1, -0.05) is 111 Å². The van der Waals surface area contributed by atoms with Crippen LogP contribution in [-0.4, -0.2) is 52.2 Å². The largest absolute Gasteiger partial charge is 0.550 e. The van der Waals surface area contributed by atoms with Crippen LogP contribution in [0.4, 0.5) is 0 Å². The summed E-state index contributed by atoms with van der Waals surface area (Å²) in [5, 5.41) is 30.1. The van der Waals surface area contributed by atoms with Crippen molar-refractivity contribution in [1.29, 1.82) is 0 Å². The maximum absolute atomic E-state index is 11.5. The molecule has 2 N–H and O–H groups in total. The van der Waals surface area contributed by atoms with Gasteiger partial charge in [-0.05, 0) is 18.9 Å². The summed E-state index contributed by atoms with van der Waals surface area (Å²) in [7, 11) is 0. The molecule has 234 valence electrons. The van der Waals surface area contributed by atoms with Gasteiger partial charge in [-0.25, -0.2) is 0 Å². The van der Waals surface area contributed by atoms with E-state index in [1.54, 1.807) is 20.8 Å². The van der Waals surface area contributed by atoms with Crippen LogP contribution in [0.3, 0.4) is 0 Å². The molecule has 0 saturated heterocycles. The summed E-state index contributed by atoms with van der Waals surface area (Å²) >= 11 is 0. The number of carboxylic acids is 3. The molecule has 3 unspecified atom stereocenters. The minimum Gasteiger partial charge on any atom is -0.550 e. The number of hydrogen-bond acceptors (Lipinski definition) is 4. The molecule has 0 rings (SSSR count). The number of aliphatic carboxylic acids is 3. The molecule has 0 amide bonds. The SMILES string of the molecule is CCCCCCCCCCCCCCCC/C=C/[N+](CCC(C)C(=O)[O-])(CCC(C)C(=O)O)CCC(C)C(=O)O. The van der Waals surface area contributed by atoms with Crippen LogP contribution in [0.5, 0.6) is 0 Å². The number of carbonyl (C=O) groups is 3. The van der Waals surface area contributed by atoms with E-state index in [1.165, 1.54) is 83.5 Å². The van der Waals surface area contributed by atoms with Crippen molar-refractivity contribution >= 4 is 17.9 Å². The first kappa shape index (κ1) is 38.1. The number of unbranched alkanes of at least 4 members (excludes halogenated alkanes) is 14. The lowest BCUT2D eigenvalue weighted by Crippen LogP contribution is -2.48. The first-order valence-corrected chi connectivity index (χ1v) is 16.2. The minimum atomic E-state index is -1.10. The topological polar surface area (TPSA) is 115 Å². The van der Waals surface area contributed by atoms with Crippen LogP contribution in [0.2, 0.25) is 0 Å². The van der Waals surface area contributed by atoms with Gasteiger partial charge in [0.15, 0.2) is 0 Å². The van der Waals surface area contributed by atoms with E-state index >= 15 is 0 Å². The molecule has 0 bridgehead atoms. The fourth-order valence-electron chi connectivity index (χ4n) is 5.03. The Labute approximate surface area is 245 Å². The maximum atomic E-state index is 11.5. The fraction of sp³-hybridized carbons (Fsp3) is 0.848. The molecule has 0 aromatic rings. The van der Waals surface area contributed by atoms with Crippen molar-refractivity contribution in [1.82, 2.24) is 0 Å². The van der Waals surface area contributed by atoms with E-state index in [4.69, 9.17) is 0 Å². The summed E-state index contributed by atoms with van der Waals surface area (Å²) < 4.78 is 0.408. The Balaban J connectivity index is 4.73. The Morgan fingerprint density at radius 2 is 0.975 bits per heavy atom. The molecular formula is C33H61NO6. The number of hydrogen-bond donors (Lipinski definition) is 2. The predicted octanol–water partition coefficient (Wildman–Crippen LogP) is 7.19. The lowest BCUT2D eigenvalue weighted by Gasteiger charge is -2.37. The van der Waals surface area contributed by atoms with Crippen molar-refractivity contribution in [2.45, 2.75) is 143 Å². The Hall–Kier alpha value is -1.89. The zero-order chi connectivity index (χ0) is 30.2. The highest BCUT2D eigenvalue weighted by Gasteiger charge is 2.29. The van der Waals surface area contributed by atoms with Gasteiger partial charge in [-0.2, -0.15) is 0 Å². The van der Waals surface area contributed by atoms with Crippen molar-refractivity contribution in [3.63, 3.8) is 0 Å². The van der Waals surface area contributed by atoms with Crippen molar-refractivity contribution in [3.05, 3.63) is 12.3 Å². The molecule has 0 radical (unpaired) electrons. The first-order chi connectivity index (χ1) is 19.0. The molecule has 0 aliphatic carbocycles. The number of quaternary nitrogens is 1. The Bertz CT molecular complexity index is 647. The van der Waals surface area contributed by atoms with Crippen LogP contribution in [0.15, 0.2) is 12.3 Å². The predicted molar refractivity (Wildman–Crippen MR) is 161 cm³/mol. The van der Waals surface area contributed by atoms with Crippen LogP contribution < -0.4 is 5.11 Å². The standard InChI is InChI=1S/C33H61NO6/c1-5-6-7-8-9-10-11-12-13-14-15-16-17-18-19-20-24-34(25-21-28(2)31(35)36,26-22-29(3)32(37)38)27-23-30(4)33(39)40/h20,24,28-30H,5-19,21-23,25-27H2,1-4H3,(H2-,35,36,37,38,39,40)/b24-20+. The molecule has 0 aromatic carbocycles. The molecule has 0 aromatic heterocycles. The summed E-state index contributed by atoms with van der Waals surface area (Å²) in [6, 6.07) is 0. The Kier molecular flexibility index (Phi) is 22.7. The van der Waals surface area contributed by atoms with Gasteiger partial charge in [0.1, 0.15) is 0 Å². The normalized spacial score (nSPS) is 15.5. The van der Waals surface area contributed by atoms with E-state index in [0.717, 1.165) is 12.8 Å². The van der Waals surface area contributed by atoms with Crippen molar-refractivity contribution in [2.24, 2.45) is 17.8 Å². The molecule has 0 saturated carbocycles. The van der Waals surface area contributed by atoms with Crippen LogP contribution in [0.1, 0.15) is 143 Å². The highest BCUT2D eigenvalue weighted by molar-refractivity contribution is 5.69. The monoisotopic (exact) mass is 567 g/mol. The number of carboxylic acid groups (broad SMARTS) is 3. The van der Waals surface area contributed by atoms with E-state index in [2.05, 4.69) is 19.2 Å². The van der Waals surface area contributed by atoms with Crippen molar-refractivity contribution < 1.29 is 34.2 Å². The zero-order valence-electron chi connectivity index (χ0n) is 26.2. The van der Waals surface area contributed by atoms with E-state index in [1.807, 2.05) is 0 Å². The fourth-order valence-corrected chi connectivity index (χ4v) is 5.03. The van der Waals surface area contributed by atoms with Gasteiger partial charge >= 0.3 is 11.9 Å². The van der Waals surface area contributed by atoms with Gasteiger partial charge in [0.05, 0.1) is 37.7 Å². The smallest absolute Gasteiger partial charge is 0.306 e. The van der Waals surface area contributed by atoms with E-state index in [9.17, 15) is 29.7 Å². The quantitative estimate of drug-likeness (QED) is 0.0764. The van der Waals surface area contributed by atoms with E-state index < -0.39 is 35.7 Å². The van der Waals surface area contributed by atoms with Crippen LogP contribution in [0, 0.1) is 17.8 Å². The number of nitrogens with zero attached hydrogens (tertiary/aromatic N) is 1. The molecule has 0 aliphatic rings. The van der Waals surface area contributed by atoms with E-state index in [0.29, 0.717) is 43.4 Å².